The van der Waals surface area contributed by atoms with Crippen LogP contribution in [0.2, 0.25) is 0 Å². The molecule has 0 saturated heterocycles. The second kappa shape index (κ2) is 5.31. The van der Waals surface area contributed by atoms with E-state index in [1.54, 1.807) is 0 Å². The lowest BCUT2D eigenvalue weighted by molar-refractivity contribution is 0.224. The zero-order valence-electron chi connectivity index (χ0n) is 11.0. The molecule has 0 amide bonds. The van der Waals surface area contributed by atoms with Crippen LogP contribution in [0, 0.1) is 5.92 Å². The van der Waals surface area contributed by atoms with Crippen molar-refractivity contribution >= 4 is 0 Å². The van der Waals surface area contributed by atoms with E-state index in [0.29, 0.717) is 12.0 Å². The van der Waals surface area contributed by atoms with Gasteiger partial charge < -0.3 is 10.5 Å². The number of fused-ring (bicyclic) bond motifs is 1. The van der Waals surface area contributed by atoms with E-state index in [-0.39, 0.29) is 0 Å². The molecule has 1 fully saturated rings. The monoisotopic (exact) mass is 245 g/mol. The van der Waals surface area contributed by atoms with E-state index in [2.05, 4.69) is 24.3 Å². The van der Waals surface area contributed by atoms with Gasteiger partial charge in [-0.05, 0) is 49.1 Å². The number of para-hydroxylation sites is 1. The van der Waals surface area contributed by atoms with E-state index in [1.807, 2.05) is 0 Å². The molecule has 18 heavy (non-hydrogen) atoms. The summed E-state index contributed by atoms with van der Waals surface area (Å²) in [6, 6.07) is 8.94. The summed E-state index contributed by atoms with van der Waals surface area (Å²) in [5, 5.41) is 0. The number of rotatable bonds is 2. The zero-order valence-corrected chi connectivity index (χ0v) is 11.0. The smallest absolute Gasteiger partial charge is 0.122 e. The van der Waals surface area contributed by atoms with Gasteiger partial charge in [0, 0.05) is 6.04 Å². The highest BCUT2D eigenvalue weighted by Crippen LogP contribution is 2.40. The minimum Gasteiger partial charge on any atom is -0.493 e. The lowest BCUT2D eigenvalue weighted by atomic mass is 9.76. The highest BCUT2D eigenvalue weighted by atomic mass is 16.5. The Bertz CT molecular complexity index is 404. The first-order chi connectivity index (χ1) is 8.84. The van der Waals surface area contributed by atoms with Gasteiger partial charge in [0.1, 0.15) is 5.75 Å². The number of nitrogens with two attached hydrogens (primary N) is 1. The van der Waals surface area contributed by atoms with Crippen LogP contribution in [0.15, 0.2) is 24.3 Å². The molecular formula is C16H23NO. The van der Waals surface area contributed by atoms with E-state index in [1.165, 1.54) is 37.7 Å². The second-order valence-corrected chi connectivity index (χ2v) is 5.82. The Balaban J connectivity index is 1.73. The van der Waals surface area contributed by atoms with E-state index in [4.69, 9.17) is 10.5 Å². The van der Waals surface area contributed by atoms with Crippen molar-refractivity contribution < 1.29 is 4.74 Å². The van der Waals surface area contributed by atoms with Crippen molar-refractivity contribution in [3.63, 3.8) is 0 Å². The van der Waals surface area contributed by atoms with Gasteiger partial charge in [0.25, 0.3) is 0 Å². The molecule has 1 aliphatic heterocycles. The maximum absolute atomic E-state index is 6.28. The van der Waals surface area contributed by atoms with Crippen molar-refractivity contribution in [2.75, 3.05) is 6.61 Å². The minimum absolute atomic E-state index is 0.425. The predicted molar refractivity (Wildman–Crippen MR) is 73.8 cm³/mol. The molecule has 2 aliphatic rings. The van der Waals surface area contributed by atoms with Crippen molar-refractivity contribution in [3.05, 3.63) is 29.8 Å². The summed E-state index contributed by atoms with van der Waals surface area (Å²) in [7, 11) is 0. The van der Waals surface area contributed by atoms with Crippen molar-refractivity contribution in [1.29, 1.82) is 0 Å². The molecule has 0 aromatic heterocycles. The zero-order chi connectivity index (χ0) is 12.4. The average molecular weight is 245 g/mol. The van der Waals surface area contributed by atoms with Crippen molar-refractivity contribution in [2.24, 2.45) is 11.7 Å². The summed E-state index contributed by atoms with van der Waals surface area (Å²) in [5.41, 5.74) is 7.69. The predicted octanol–water partition coefficient (Wildman–Crippen LogP) is 3.46. The number of benzene rings is 1. The van der Waals surface area contributed by atoms with Gasteiger partial charge in [-0.2, -0.15) is 0 Å². The van der Waals surface area contributed by atoms with Gasteiger partial charge >= 0.3 is 0 Å². The third-order valence-electron chi connectivity index (χ3n) is 4.64. The van der Waals surface area contributed by atoms with Gasteiger partial charge in [0.2, 0.25) is 0 Å². The number of hydrogen-bond acceptors (Lipinski definition) is 2. The van der Waals surface area contributed by atoms with E-state index in [0.717, 1.165) is 24.7 Å². The fourth-order valence-electron chi connectivity index (χ4n) is 3.56. The Morgan fingerprint density at radius 2 is 1.94 bits per heavy atom. The maximum Gasteiger partial charge on any atom is 0.122 e. The van der Waals surface area contributed by atoms with Crippen molar-refractivity contribution in [3.8, 4) is 5.75 Å². The summed E-state index contributed by atoms with van der Waals surface area (Å²) in [4.78, 5) is 0. The first-order valence-electron chi connectivity index (χ1n) is 7.32. The Hall–Kier alpha value is -1.02. The molecule has 0 spiro atoms. The van der Waals surface area contributed by atoms with E-state index in [9.17, 15) is 0 Å². The third-order valence-corrected chi connectivity index (χ3v) is 4.64. The molecule has 1 saturated carbocycles. The quantitative estimate of drug-likeness (QED) is 0.866. The fourth-order valence-corrected chi connectivity index (χ4v) is 3.56. The van der Waals surface area contributed by atoms with Crippen LogP contribution in [0.3, 0.4) is 0 Å². The van der Waals surface area contributed by atoms with Crippen LogP contribution in [0.5, 0.6) is 5.75 Å². The molecule has 1 aromatic rings. The molecule has 1 heterocycles. The molecule has 3 atom stereocenters. The largest absolute Gasteiger partial charge is 0.493 e. The van der Waals surface area contributed by atoms with Crippen LogP contribution in [-0.2, 0) is 0 Å². The Morgan fingerprint density at radius 3 is 2.83 bits per heavy atom. The Kier molecular flexibility index (Phi) is 3.55. The standard InChI is InChI=1S/C16H23NO/c17-15-7-3-1-5-13(15)11-12-9-10-18-16-8-4-2-6-14(12)16/h2,4,6,8,12-13,15H,1,3,5,7,9-11,17H2. The molecule has 2 heteroatoms. The summed E-state index contributed by atoms with van der Waals surface area (Å²) < 4.78 is 5.74. The second-order valence-electron chi connectivity index (χ2n) is 5.82. The van der Waals surface area contributed by atoms with Gasteiger partial charge in [-0.15, -0.1) is 0 Å². The van der Waals surface area contributed by atoms with Crippen LogP contribution in [0.4, 0.5) is 0 Å². The van der Waals surface area contributed by atoms with Gasteiger partial charge in [0.15, 0.2) is 0 Å². The van der Waals surface area contributed by atoms with Gasteiger partial charge in [-0.1, -0.05) is 31.0 Å². The first kappa shape index (κ1) is 12.0. The summed E-state index contributed by atoms with van der Waals surface area (Å²) in [6.45, 7) is 0.865. The molecular weight excluding hydrogens is 222 g/mol. The van der Waals surface area contributed by atoms with Crippen LogP contribution in [0.1, 0.15) is 50.0 Å². The third kappa shape index (κ3) is 2.39. The summed E-state index contributed by atoms with van der Waals surface area (Å²) in [6.07, 6.45) is 7.63. The molecule has 2 nitrogen and oxygen atoms in total. The van der Waals surface area contributed by atoms with Gasteiger partial charge in [0.05, 0.1) is 6.61 Å². The topological polar surface area (TPSA) is 35.2 Å². The van der Waals surface area contributed by atoms with Crippen LogP contribution in [-0.4, -0.2) is 12.6 Å². The maximum atomic E-state index is 6.28. The van der Waals surface area contributed by atoms with Crippen LogP contribution < -0.4 is 10.5 Å². The molecule has 98 valence electrons. The van der Waals surface area contributed by atoms with Crippen molar-refractivity contribution in [2.45, 2.75) is 50.5 Å². The molecule has 3 unspecified atom stereocenters. The summed E-state index contributed by atoms with van der Waals surface area (Å²) >= 11 is 0. The van der Waals surface area contributed by atoms with E-state index >= 15 is 0 Å². The molecule has 0 radical (unpaired) electrons. The Morgan fingerprint density at radius 1 is 1.11 bits per heavy atom. The fraction of sp³-hybridized carbons (Fsp3) is 0.625. The van der Waals surface area contributed by atoms with Crippen molar-refractivity contribution in [1.82, 2.24) is 0 Å². The SMILES string of the molecule is NC1CCCCC1CC1CCOc2ccccc21. The van der Waals surface area contributed by atoms with Crippen LogP contribution >= 0.6 is 0 Å². The van der Waals surface area contributed by atoms with Gasteiger partial charge in [-0.25, -0.2) is 0 Å². The Labute approximate surface area is 110 Å². The molecule has 1 aromatic carbocycles. The lowest BCUT2D eigenvalue weighted by Gasteiger charge is -2.34. The lowest BCUT2D eigenvalue weighted by Crippen LogP contribution is -2.34. The molecule has 0 bridgehead atoms. The number of ether oxygens (including phenoxy) is 1. The molecule has 2 N–H and O–H groups in total. The van der Waals surface area contributed by atoms with Gasteiger partial charge in [-0.3, -0.25) is 0 Å². The van der Waals surface area contributed by atoms with E-state index < -0.39 is 0 Å². The minimum atomic E-state index is 0.425. The first-order valence-corrected chi connectivity index (χ1v) is 7.32. The highest BCUT2D eigenvalue weighted by Gasteiger charge is 2.28. The molecule has 3 rings (SSSR count). The molecule has 1 aliphatic carbocycles. The van der Waals surface area contributed by atoms with Crippen LogP contribution in [0.25, 0.3) is 0 Å². The highest BCUT2D eigenvalue weighted by molar-refractivity contribution is 5.37. The normalized spacial score (nSPS) is 31.5. The number of hydrogen-bond donors (Lipinski definition) is 1. The summed E-state index contributed by atoms with van der Waals surface area (Å²) in [5.74, 6) is 2.47. The average Bonchev–Trinajstić information content (AvgIpc) is 2.42.